The van der Waals surface area contributed by atoms with Crippen LogP contribution in [0.1, 0.15) is 181 Å². The average Bonchev–Trinajstić information content (AvgIpc) is 3.24. The fraction of sp³-hybridized carbons (Fsp3) is 0.787. The molecule has 0 aliphatic heterocycles. The first-order valence-electron chi connectivity index (χ1n) is 23.5. The zero-order chi connectivity index (χ0) is 45.0. The first-order valence-corrected chi connectivity index (χ1v) is 25.0. The summed E-state index contributed by atoms with van der Waals surface area (Å²) >= 11 is 0. The predicted octanol–water partition coefficient (Wildman–Crippen LogP) is 9.17. The molecule has 0 spiro atoms. The maximum Gasteiger partial charge on any atom is 0.472 e. The lowest BCUT2D eigenvalue weighted by atomic mass is 9.85. The smallest absolute Gasteiger partial charge is 0.462 e. The van der Waals surface area contributed by atoms with Crippen molar-refractivity contribution in [3.8, 4) is 0 Å². The van der Waals surface area contributed by atoms with E-state index < -0.39 is 75.7 Å². The predicted molar refractivity (Wildman–Crippen MR) is 239 cm³/mol. The van der Waals surface area contributed by atoms with Crippen LogP contribution in [0.3, 0.4) is 0 Å². The van der Waals surface area contributed by atoms with Crippen LogP contribution in [0, 0.1) is 0 Å². The van der Waals surface area contributed by atoms with Crippen molar-refractivity contribution in [2.45, 2.75) is 224 Å². The first-order chi connectivity index (χ1) is 29.4. The van der Waals surface area contributed by atoms with Gasteiger partial charge in [0.25, 0.3) is 0 Å². The molecule has 1 saturated carbocycles. The number of esters is 2. The third-order valence-electron chi connectivity index (χ3n) is 10.7. The highest BCUT2D eigenvalue weighted by molar-refractivity contribution is 7.47. The molecule has 8 atom stereocenters. The van der Waals surface area contributed by atoms with Crippen molar-refractivity contribution in [1.82, 2.24) is 0 Å². The van der Waals surface area contributed by atoms with E-state index in [-0.39, 0.29) is 12.8 Å². The van der Waals surface area contributed by atoms with E-state index >= 15 is 0 Å². The molecular weight excluding hydrogens is 803 g/mol. The lowest BCUT2D eigenvalue weighted by molar-refractivity contribution is -0.220. The van der Waals surface area contributed by atoms with Gasteiger partial charge in [-0.3, -0.25) is 18.6 Å². The maximum absolute atomic E-state index is 12.8. The van der Waals surface area contributed by atoms with E-state index in [1.165, 1.54) is 83.5 Å². The van der Waals surface area contributed by atoms with Gasteiger partial charge in [0, 0.05) is 12.8 Å². The highest BCUT2D eigenvalue weighted by atomic mass is 31.2. The Bertz CT molecular complexity index is 1250. The summed E-state index contributed by atoms with van der Waals surface area (Å²) in [4.78, 5) is 35.7. The molecule has 1 fully saturated rings. The van der Waals surface area contributed by atoms with Gasteiger partial charge in [0.15, 0.2) is 6.10 Å². The van der Waals surface area contributed by atoms with Crippen molar-refractivity contribution < 1.29 is 63.1 Å². The summed E-state index contributed by atoms with van der Waals surface area (Å²) in [6.45, 7) is 3.23. The molecule has 0 aromatic rings. The summed E-state index contributed by atoms with van der Waals surface area (Å²) in [5, 5.41) is 50.1. The van der Waals surface area contributed by atoms with Crippen LogP contribution in [0.15, 0.2) is 48.6 Å². The van der Waals surface area contributed by atoms with Gasteiger partial charge < -0.3 is 39.9 Å². The fourth-order valence-electron chi connectivity index (χ4n) is 6.85. The van der Waals surface area contributed by atoms with Gasteiger partial charge in [0.2, 0.25) is 0 Å². The van der Waals surface area contributed by atoms with Crippen LogP contribution in [-0.2, 0) is 32.7 Å². The van der Waals surface area contributed by atoms with Crippen molar-refractivity contribution >= 4 is 19.8 Å². The molecule has 0 aromatic heterocycles. The third kappa shape index (κ3) is 29.7. The molecule has 354 valence electrons. The van der Waals surface area contributed by atoms with E-state index in [4.69, 9.17) is 18.5 Å². The number of unbranched alkanes of at least 4 members (excludes halogenated alkanes) is 19. The lowest BCUT2D eigenvalue weighted by Crippen LogP contribution is -2.64. The van der Waals surface area contributed by atoms with Crippen LogP contribution in [0.5, 0.6) is 0 Å². The Labute approximate surface area is 367 Å². The van der Waals surface area contributed by atoms with E-state index in [2.05, 4.69) is 50.3 Å². The largest absolute Gasteiger partial charge is 0.472 e. The van der Waals surface area contributed by atoms with E-state index in [1.54, 1.807) is 0 Å². The minimum absolute atomic E-state index is 0.0285. The molecule has 13 nitrogen and oxygen atoms in total. The number of aliphatic hydroxyl groups excluding tert-OH is 5. The number of rotatable bonds is 38. The van der Waals surface area contributed by atoms with Crippen molar-refractivity contribution in [1.29, 1.82) is 0 Å². The van der Waals surface area contributed by atoms with Crippen LogP contribution in [0.25, 0.3) is 0 Å². The molecule has 1 aliphatic rings. The zero-order valence-electron chi connectivity index (χ0n) is 37.4. The van der Waals surface area contributed by atoms with E-state index in [1.807, 2.05) is 12.2 Å². The van der Waals surface area contributed by atoms with Crippen LogP contribution in [-0.4, -0.2) is 98.3 Å². The fourth-order valence-corrected chi connectivity index (χ4v) is 7.82. The molecule has 1 aliphatic carbocycles. The number of phosphoric ester groups is 1. The summed E-state index contributed by atoms with van der Waals surface area (Å²) in [7, 11) is -5.13. The number of carbonyl (C=O) groups excluding carboxylic acids is 2. The summed E-state index contributed by atoms with van der Waals surface area (Å²) in [5.41, 5.74) is 0. The van der Waals surface area contributed by atoms with Crippen molar-refractivity contribution in [2.75, 3.05) is 13.2 Å². The second-order valence-corrected chi connectivity index (χ2v) is 17.7. The first kappa shape index (κ1) is 56.8. The number of carbonyl (C=O) groups is 2. The van der Waals surface area contributed by atoms with E-state index in [0.29, 0.717) is 19.3 Å². The molecule has 0 amide bonds. The second kappa shape index (κ2) is 37.2. The van der Waals surface area contributed by atoms with Gasteiger partial charge >= 0.3 is 19.8 Å². The van der Waals surface area contributed by atoms with Gasteiger partial charge in [-0.15, -0.1) is 0 Å². The Kier molecular flexibility index (Phi) is 34.7. The number of phosphoric acid groups is 1. The number of hydrogen-bond acceptors (Lipinski definition) is 12. The molecular formula is C47H83O13P. The van der Waals surface area contributed by atoms with Crippen molar-refractivity contribution in [2.24, 2.45) is 0 Å². The van der Waals surface area contributed by atoms with E-state index in [9.17, 15) is 44.6 Å². The number of aliphatic hydroxyl groups is 5. The quantitative estimate of drug-likeness (QED) is 0.0112. The Morgan fingerprint density at radius 1 is 0.525 bits per heavy atom. The number of allylic oxidation sites excluding steroid dienone is 8. The highest BCUT2D eigenvalue weighted by Gasteiger charge is 2.51. The molecule has 6 unspecified atom stereocenters. The van der Waals surface area contributed by atoms with Gasteiger partial charge in [0.05, 0.1) is 6.61 Å². The molecule has 0 aromatic carbocycles. The molecule has 6 N–H and O–H groups in total. The Morgan fingerprint density at radius 2 is 0.951 bits per heavy atom. The van der Waals surface area contributed by atoms with Gasteiger partial charge in [-0.25, -0.2) is 4.57 Å². The van der Waals surface area contributed by atoms with E-state index in [0.717, 1.165) is 51.4 Å². The third-order valence-corrected chi connectivity index (χ3v) is 11.7. The van der Waals surface area contributed by atoms with Crippen LogP contribution in [0.4, 0.5) is 0 Å². The zero-order valence-corrected chi connectivity index (χ0v) is 38.3. The minimum Gasteiger partial charge on any atom is -0.462 e. The van der Waals surface area contributed by atoms with Crippen molar-refractivity contribution in [3.63, 3.8) is 0 Å². The number of hydrogen-bond donors (Lipinski definition) is 6. The van der Waals surface area contributed by atoms with Gasteiger partial charge in [0.1, 0.15) is 43.2 Å². The summed E-state index contributed by atoms with van der Waals surface area (Å²) in [6.07, 6.45) is 30.3. The molecule has 1 rings (SSSR count). The Balaban J connectivity index is 2.50. The SMILES string of the molecule is CCCCCC/C=C/C=C/CCCCCCCC(=O)OC[C@H](COP(=O)(O)OC1C(O)C(O)C(O)[C@H](O)C1O)OC(=O)CCC/C=C/C/C=C/CCCCCCCCCCC. The molecule has 0 saturated heterocycles. The van der Waals surface area contributed by atoms with Crippen LogP contribution >= 0.6 is 7.82 Å². The van der Waals surface area contributed by atoms with Gasteiger partial charge in [-0.05, 0) is 64.2 Å². The summed E-state index contributed by atoms with van der Waals surface area (Å²) < 4.78 is 33.5. The highest BCUT2D eigenvalue weighted by Crippen LogP contribution is 2.47. The molecule has 0 radical (unpaired) electrons. The maximum atomic E-state index is 12.8. The van der Waals surface area contributed by atoms with Crippen molar-refractivity contribution in [3.05, 3.63) is 48.6 Å². The van der Waals surface area contributed by atoms with Gasteiger partial charge in [-0.1, -0.05) is 152 Å². The topological polar surface area (TPSA) is 210 Å². The molecule has 0 bridgehead atoms. The minimum atomic E-state index is -5.13. The molecule has 14 heteroatoms. The molecule has 61 heavy (non-hydrogen) atoms. The van der Waals surface area contributed by atoms with Gasteiger partial charge in [-0.2, -0.15) is 0 Å². The van der Waals surface area contributed by atoms with Crippen LogP contribution < -0.4 is 0 Å². The monoisotopic (exact) mass is 887 g/mol. The average molecular weight is 887 g/mol. The standard InChI is InChI=1S/C47H83O13P/c1-3-5-7-9-11-13-15-17-19-20-22-24-26-28-30-32-34-36-41(49)59-39(38-58-61(55,56)60-47-45(53)43(51)42(50)44(52)46(47)54)37-57-40(48)35-33-31-29-27-25-23-21-18-16-14-12-10-8-6-4-2/h14,16,18,21-22,24,28,30,39,42-47,50-54H,3-13,15,17,19-20,23,25-27,29,31-38H2,1-2H3,(H,55,56)/b16-14+,21-18+,24-22+,30-28+/t39-,42?,43+,44?,45?,46?,47?/m1/s1. The second-order valence-electron chi connectivity index (χ2n) is 16.3. The Hall–Kier alpha value is -2.19. The summed E-state index contributed by atoms with van der Waals surface area (Å²) in [5.74, 6) is -1.17. The summed E-state index contributed by atoms with van der Waals surface area (Å²) in [6, 6.07) is 0. The number of ether oxygens (including phenoxy) is 2. The lowest BCUT2D eigenvalue weighted by Gasteiger charge is -2.41. The molecule has 0 heterocycles. The normalized spacial score (nSPS) is 22.4. The van der Waals surface area contributed by atoms with Crippen LogP contribution in [0.2, 0.25) is 0 Å². The Morgan fingerprint density at radius 3 is 1.49 bits per heavy atom.